The van der Waals surface area contributed by atoms with Crippen molar-refractivity contribution in [3.63, 3.8) is 0 Å². The van der Waals surface area contributed by atoms with E-state index in [1.165, 1.54) is 23.3 Å². The van der Waals surface area contributed by atoms with Gasteiger partial charge in [-0.3, -0.25) is 9.69 Å². The molecule has 4 rings (SSSR count). The molecule has 2 heterocycles. The van der Waals surface area contributed by atoms with Gasteiger partial charge in [0.05, 0.1) is 5.92 Å². The lowest BCUT2D eigenvalue weighted by Crippen LogP contribution is -2.44. The van der Waals surface area contributed by atoms with Gasteiger partial charge in [0.2, 0.25) is 5.91 Å². The monoisotopic (exact) mass is 488 g/mol. The van der Waals surface area contributed by atoms with Gasteiger partial charge in [-0.2, -0.15) is 0 Å². The van der Waals surface area contributed by atoms with Crippen LogP contribution in [-0.2, 0) is 11.2 Å². The number of rotatable bonds is 4. The maximum atomic E-state index is 14.8. The van der Waals surface area contributed by atoms with Crippen LogP contribution in [0.2, 0.25) is 5.02 Å². The fourth-order valence-electron chi connectivity index (χ4n) is 5.64. The molecular weight excluding hydrogens is 454 g/mol. The van der Waals surface area contributed by atoms with Crippen molar-refractivity contribution in [2.24, 2.45) is 5.92 Å². The minimum atomic E-state index is -0.592. The van der Waals surface area contributed by atoms with Crippen molar-refractivity contribution >= 4 is 17.5 Å². The van der Waals surface area contributed by atoms with E-state index in [0.29, 0.717) is 37.7 Å². The third-order valence-corrected chi connectivity index (χ3v) is 7.92. The van der Waals surface area contributed by atoms with Crippen LogP contribution in [0.25, 0.3) is 0 Å². The molecule has 6 heteroatoms. The molecule has 0 spiro atoms. The summed E-state index contributed by atoms with van der Waals surface area (Å²) in [4.78, 5) is 17.9. The minimum Gasteiger partial charge on any atom is -0.342 e. The van der Waals surface area contributed by atoms with Crippen LogP contribution in [0.15, 0.2) is 36.4 Å². The largest absolute Gasteiger partial charge is 0.342 e. The van der Waals surface area contributed by atoms with Crippen molar-refractivity contribution < 1.29 is 13.6 Å². The summed E-state index contributed by atoms with van der Waals surface area (Å²) in [5, 5.41) is 0.761. The fourth-order valence-corrected chi connectivity index (χ4v) is 5.84. The average Bonchev–Trinajstić information content (AvgIpc) is 3.24. The van der Waals surface area contributed by atoms with Crippen molar-refractivity contribution in [2.45, 2.75) is 64.3 Å². The maximum absolute atomic E-state index is 14.8. The molecule has 2 aliphatic rings. The summed E-state index contributed by atoms with van der Waals surface area (Å²) in [5.74, 6) is -1.27. The number of aryl methyl sites for hydroxylation is 1. The molecular formula is C28H35ClF2N2O. The van der Waals surface area contributed by atoms with Crippen molar-refractivity contribution in [3.8, 4) is 0 Å². The first kappa shape index (κ1) is 25.1. The van der Waals surface area contributed by atoms with E-state index in [4.69, 9.17) is 11.6 Å². The van der Waals surface area contributed by atoms with E-state index in [-0.39, 0.29) is 23.3 Å². The maximum Gasteiger partial charge on any atom is 0.227 e. The first-order valence-electron chi connectivity index (χ1n) is 12.4. The molecule has 0 saturated carbocycles. The second-order valence-electron chi connectivity index (χ2n) is 10.8. The Morgan fingerprint density at radius 1 is 1.03 bits per heavy atom. The van der Waals surface area contributed by atoms with E-state index >= 15 is 0 Å². The highest BCUT2D eigenvalue weighted by atomic mass is 35.5. The molecule has 34 heavy (non-hydrogen) atoms. The van der Waals surface area contributed by atoms with E-state index < -0.39 is 11.6 Å². The molecule has 2 aromatic carbocycles. The molecule has 184 valence electrons. The summed E-state index contributed by atoms with van der Waals surface area (Å²) in [6.07, 6.45) is 2.75. The molecule has 2 fully saturated rings. The van der Waals surface area contributed by atoms with Gasteiger partial charge in [0.1, 0.15) is 11.6 Å². The lowest BCUT2D eigenvalue weighted by Gasteiger charge is -2.36. The third kappa shape index (κ3) is 5.16. The molecule has 0 bridgehead atoms. The van der Waals surface area contributed by atoms with E-state index in [2.05, 4.69) is 44.7 Å². The SMILES string of the molecule is CCc1cc(Cl)ccc1C1CCN(C(=O)[C@@H]2CN(C(C)(C)C)C[C@H]2c2ccc(F)cc2F)CC1. The van der Waals surface area contributed by atoms with Gasteiger partial charge in [-0.15, -0.1) is 0 Å². The lowest BCUT2D eigenvalue weighted by atomic mass is 9.84. The first-order valence-corrected chi connectivity index (χ1v) is 12.7. The normalized spacial score (nSPS) is 22.4. The fraction of sp³-hybridized carbons (Fsp3) is 0.536. The Hall–Kier alpha value is -1.98. The molecule has 0 aromatic heterocycles. The number of nitrogens with zero attached hydrogens (tertiary/aromatic N) is 2. The van der Waals surface area contributed by atoms with Crippen LogP contribution in [-0.4, -0.2) is 47.4 Å². The van der Waals surface area contributed by atoms with Crippen LogP contribution in [0.5, 0.6) is 0 Å². The van der Waals surface area contributed by atoms with Crippen molar-refractivity contribution in [2.75, 3.05) is 26.2 Å². The van der Waals surface area contributed by atoms with Crippen LogP contribution in [0.4, 0.5) is 8.78 Å². The quantitative estimate of drug-likeness (QED) is 0.497. The molecule has 2 aromatic rings. The highest BCUT2D eigenvalue weighted by Gasteiger charge is 2.44. The summed E-state index contributed by atoms with van der Waals surface area (Å²) in [6.45, 7) is 11.0. The average molecular weight is 489 g/mol. The van der Waals surface area contributed by atoms with Crippen molar-refractivity contribution in [1.29, 1.82) is 0 Å². The van der Waals surface area contributed by atoms with E-state index in [1.54, 1.807) is 0 Å². The van der Waals surface area contributed by atoms with E-state index in [9.17, 15) is 13.6 Å². The number of halogens is 3. The Morgan fingerprint density at radius 2 is 1.71 bits per heavy atom. The number of benzene rings is 2. The standard InChI is InChI=1S/C28H35ClF2N2O/c1-5-18-14-20(29)6-8-22(18)19-10-12-32(13-11-19)27(34)25-17-33(28(2,3)4)16-24(25)23-9-7-21(30)15-26(23)31/h6-9,14-15,19,24-25H,5,10-13,16-17H2,1-4H3/t24-,25+/m0/s1. The Bertz CT molecular complexity index is 1040. The topological polar surface area (TPSA) is 23.6 Å². The summed E-state index contributed by atoms with van der Waals surface area (Å²) >= 11 is 6.20. The number of hydrogen-bond donors (Lipinski definition) is 0. The number of likely N-dealkylation sites (tertiary alicyclic amines) is 2. The number of carbonyl (C=O) groups is 1. The van der Waals surface area contributed by atoms with Gasteiger partial charge in [0.15, 0.2) is 0 Å². The van der Waals surface area contributed by atoms with Gasteiger partial charge in [-0.25, -0.2) is 8.78 Å². The van der Waals surface area contributed by atoms with Gasteiger partial charge in [0.25, 0.3) is 0 Å². The number of piperidine rings is 1. The highest BCUT2D eigenvalue weighted by molar-refractivity contribution is 6.30. The molecule has 0 radical (unpaired) electrons. The van der Waals surface area contributed by atoms with Crippen molar-refractivity contribution in [1.82, 2.24) is 9.80 Å². The zero-order valence-corrected chi connectivity index (χ0v) is 21.3. The molecule has 1 amide bonds. The molecule has 0 N–H and O–H groups in total. The Labute approximate surface area is 207 Å². The Kier molecular flexibility index (Phi) is 7.35. The van der Waals surface area contributed by atoms with Crippen LogP contribution in [0.1, 0.15) is 69.1 Å². The molecule has 2 atom stereocenters. The van der Waals surface area contributed by atoms with Gasteiger partial charge < -0.3 is 4.90 Å². The van der Waals surface area contributed by atoms with Gasteiger partial charge in [-0.1, -0.05) is 30.7 Å². The highest BCUT2D eigenvalue weighted by Crippen LogP contribution is 2.40. The zero-order valence-electron chi connectivity index (χ0n) is 20.6. The molecule has 2 saturated heterocycles. The lowest BCUT2D eigenvalue weighted by molar-refractivity contribution is -0.136. The van der Waals surface area contributed by atoms with E-state index in [0.717, 1.165) is 30.4 Å². The number of amides is 1. The van der Waals surface area contributed by atoms with Gasteiger partial charge in [-0.05, 0) is 80.8 Å². The van der Waals surface area contributed by atoms with Crippen molar-refractivity contribution in [3.05, 3.63) is 69.7 Å². The second-order valence-corrected chi connectivity index (χ2v) is 11.2. The Balaban J connectivity index is 1.51. The van der Waals surface area contributed by atoms with Crippen LogP contribution < -0.4 is 0 Å². The van der Waals surface area contributed by atoms with E-state index in [1.807, 2.05) is 11.0 Å². The van der Waals surface area contributed by atoms with Crippen LogP contribution in [0, 0.1) is 17.6 Å². The smallest absolute Gasteiger partial charge is 0.227 e. The predicted octanol–water partition coefficient (Wildman–Crippen LogP) is 6.40. The first-order chi connectivity index (χ1) is 16.1. The Morgan fingerprint density at radius 3 is 2.32 bits per heavy atom. The number of hydrogen-bond acceptors (Lipinski definition) is 2. The summed E-state index contributed by atoms with van der Waals surface area (Å²) in [5.41, 5.74) is 2.92. The van der Waals surface area contributed by atoms with Crippen LogP contribution in [0.3, 0.4) is 0 Å². The summed E-state index contributed by atoms with van der Waals surface area (Å²) in [6, 6.07) is 9.88. The molecule has 3 nitrogen and oxygen atoms in total. The predicted molar refractivity (Wildman–Crippen MR) is 133 cm³/mol. The minimum absolute atomic E-state index is 0.0887. The number of carbonyl (C=O) groups excluding carboxylic acids is 1. The van der Waals surface area contributed by atoms with Crippen LogP contribution >= 0.6 is 11.6 Å². The molecule has 0 unspecified atom stereocenters. The van der Waals surface area contributed by atoms with Gasteiger partial charge in [0, 0.05) is 48.7 Å². The zero-order chi connectivity index (χ0) is 24.6. The summed E-state index contributed by atoms with van der Waals surface area (Å²) in [7, 11) is 0. The summed E-state index contributed by atoms with van der Waals surface area (Å²) < 4.78 is 28.3. The molecule has 2 aliphatic heterocycles. The second kappa shape index (κ2) is 9.94. The van der Waals surface area contributed by atoms with Gasteiger partial charge >= 0.3 is 0 Å². The third-order valence-electron chi connectivity index (χ3n) is 7.68. The molecule has 0 aliphatic carbocycles.